The fraction of sp³-hybridized carbons (Fsp3) is 0.217. The van der Waals surface area contributed by atoms with Gasteiger partial charge in [0.25, 0.3) is 0 Å². The van der Waals surface area contributed by atoms with Gasteiger partial charge in [-0.1, -0.05) is 35.9 Å². The van der Waals surface area contributed by atoms with Crippen molar-refractivity contribution in [3.05, 3.63) is 93.4 Å². The minimum Gasteiger partial charge on any atom is -0.483 e. The number of ether oxygens (including phenoxy) is 1. The highest BCUT2D eigenvalue weighted by molar-refractivity contribution is 5.90. The van der Waals surface area contributed by atoms with Crippen molar-refractivity contribution in [2.24, 2.45) is 0 Å². The first-order valence-electron chi connectivity index (χ1n) is 9.65. The Kier molecular flexibility index (Phi) is 6.99. The first kappa shape index (κ1) is 23.1. The van der Waals surface area contributed by atoms with Crippen molar-refractivity contribution < 1.29 is 27.8 Å². The Balaban J connectivity index is 1.75. The SMILES string of the molecule is Cc1ccc(COc2cn(CC(=O)Nc3cccc(C(F)(F)F)c3)c(CO)cc2=O)cc1. The number of aromatic nitrogens is 1. The number of amides is 1. The summed E-state index contributed by atoms with van der Waals surface area (Å²) in [5, 5.41) is 11.9. The molecular formula is C23H21F3N2O4. The highest BCUT2D eigenvalue weighted by Gasteiger charge is 2.30. The number of pyridine rings is 1. The maximum Gasteiger partial charge on any atom is 0.416 e. The molecule has 0 radical (unpaired) electrons. The maximum absolute atomic E-state index is 12.9. The van der Waals surface area contributed by atoms with Crippen LogP contribution in [0.25, 0.3) is 0 Å². The molecule has 6 nitrogen and oxygen atoms in total. The Morgan fingerprint density at radius 3 is 2.50 bits per heavy atom. The number of alkyl halides is 3. The number of aryl methyl sites for hydroxylation is 1. The molecule has 1 aromatic heterocycles. The number of nitrogens with zero attached hydrogens (tertiary/aromatic N) is 1. The predicted molar refractivity (Wildman–Crippen MR) is 112 cm³/mol. The minimum atomic E-state index is -4.53. The highest BCUT2D eigenvalue weighted by Crippen LogP contribution is 2.30. The second-order valence-corrected chi connectivity index (χ2v) is 7.18. The van der Waals surface area contributed by atoms with Crippen molar-refractivity contribution in [2.75, 3.05) is 5.32 Å². The van der Waals surface area contributed by atoms with Crippen molar-refractivity contribution in [3.63, 3.8) is 0 Å². The van der Waals surface area contributed by atoms with E-state index >= 15 is 0 Å². The smallest absolute Gasteiger partial charge is 0.416 e. The molecule has 2 N–H and O–H groups in total. The summed E-state index contributed by atoms with van der Waals surface area (Å²) in [5.74, 6) is -0.651. The van der Waals surface area contributed by atoms with Crippen molar-refractivity contribution in [3.8, 4) is 5.75 Å². The summed E-state index contributed by atoms with van der Waals surface area (Å²) in [7, 11) is 0. The van der Waals surface area contributed by atoms with Gasteiger partial charge in [0.1, 0.15) is 13.2 Å². The van der Waals surface area contributed by atoms with E-state index in [1.165, 1.54) is 22.9 Å². The molecule has 1 amide bonds. The number of anilines is 1. The first-order chi connectivity index (χ1) is 15.2. The van der Waals surface area contributed by atoms with Crippen LogP contribution in [0, 0.1) is 6.92 Å². The van der Waals surface area contributed by atoms with Gasteiger partial charge in [-0.15, -0.1) is 0 Å². The fourth-order valence-corrected chi connectivity index (χ4v) is 2.96. The lowest BCUT2D eigenvalue weighted by molar-refractivity contribution is -0.137. The Labute approximate surface area is 181 Å². The van der Waals surface area contributed by atoms with E-state index in [9.17, 15) is 27.9 Å². The number of halogens is 3. The summed E-state index contributed by atoms with van der Waals surface area (Å²) in [6, 6.07) is 12.9. The quantitative estimate of drug-likeness (QED) is 0.577. The highest BCUT2D eigenvalue weighted by atomic mass is 19.4. The van der Waals surface area contributed by atoms with Gasteiger partial charge < -0.3 is 19.7 Å². The lowest BCUT2D eigenvalue weighted by atomic mass is 10.2. The Bertz CT molecular complexity index is 1160. The third kappa shape index (κ3) is 5.98. The van der Waals surface area contributed by atoms with E-state index in [1.54, 1.807) is 0 Å². The average Bonchev–Trinajstić information content (AvgIpc) is 2.74. The lowest BCUT2D eigenvalue weighted by Gasteiger charge is -2.15. The van der Waals surface area contributed by atoms with E-state index in [1.807, 2.05) is 31.2 Å². The Morgan fingerprint density at radius 1 is 1.12 bits per heavy atom. The molecule has 9 heteroatoms. The molecule has 0 aliphatic rings. The number of rotatable bonds is 7. The van der Waals surface area contributed by atoms with Crippen LogP contribution in [0.1, 0.15) is 22.4 Å². The van der Waals surface area contributed by atoms with Gasteiger partial charge in [0.2, 0.25) is 11.3 Å². The molecule has 32 heavy (non-hydrogen) atoms. The van der Waals surface area contributed by atoms with E-state index in [0.29, 0.717) is 0 Å². The van der Waals surface area contributed by atoms with Crippen LogP contribution in [-0.4, -0.2) is 15.6 Å². The van der Waals surface area contributed by atoms with Gasteiger partial charge in [-0.25, -0.2) is 0 Å². The number of carbonyl (C=O) groups excluding carboxylic acids is 1. The zero-order valence-corrected chi connectivity index (χ0v) is 17.1. The summed E-state index contributed by atoms with van der Waals surface area (Å²) >= 11 is 0. The van der Waals surface area contributed by atoms with Crippen LogP contribution in [0.2, 0.25) is 0 Å². The largest absolute Gasteiger partial charge is 0.483 e. The number of aliphatic hydroxyl groups excluding tert-OH is 1. The molecule has 0 aliphatic carbocycles. The number of aliphatic hydroxyl groups is 1. The lowest BCUT2D eigenvalue weighted by Crippen LogP contribution is -2.23. The second-order valence-electron chi connectivity index (χ2n) is 7.18. The second kappa shape index (κ2) is 9.69. The molecule has 0 saturated carbocycles. The third-order valence-corrected chi connectivity index (χ3v) is 4.65. The van der Waals surface area contributed by atoms with Crippen molar-refractivity contribution in [1.82, 2.24) is 4.57 Å². The monoisotopic (exact) mass is 446 g/mol. The summed E-state index contributed by atoms with van der Waals surface area (Å²) < 4.78 is 45.5. The van der Waals surface area contributed by atoms with Crippen LogP contribution in [0.15, 0.2) is 65.6 Å². The van der Waals surface area contributed by atoms with Gasteiger partial charge in [0.05, 0.1) is 18.4 Å². The molecule has 0 aliphatic heterocycles. The van der Waals surface area contributed by atoms with Gasteiger partial charge in [-0.3, -0.25) is 9.59 Å². The third-order valence-electron chi connectivity index (χ3n) is 4.65. The van der Waals surface area contributed by atoms with Crippen molar-refractivity contribution in [1.29, 1.82) is 0 Å². The molecule has 0 bridgehead atoms. The van der Waals surface area contributed by atoms with Gasteiger partial charge >= 0.3 is 6.18 Å². The maximum atomic E-state index is 12.9. The fourth-order valence-electron chi connectivity index (χ4n) is 2.96. The standard InChI is InChI=1S/C23H21F3N2O4/c1-15-5-7-16(8-6-15)14-32-21-11-28(19(13-29)10-20(21)30)12-22(31)27-18-4-2-3-17(9-18)23(24,25)26/h2-11,29H,12-14H2,1H3,(H,27,31). The number of hydrogen-bond acceptors (Lipinski definition) is 4. The summed E-state index contributed by atoms with van der Waals surface area (Å²) in [6.07, 6.45) is -3.24. The van der Waals surface area contributed by atoms with Crippen LogP contribution < -0.4 is 15.5 Å². The Morgan fingerprint density at radius 2 is 1.84 bits per heavy atom. The molecule has 0 spiro atoms. The van der Waals surface area contributed by atoms with E-state index in [2.05, 4.69) is 5.32 Å². The van der Waals surface area contributed by atoms with Crippen molar-refractivity contribution in [2.45, 2.75) is 32.9 Å². The molecular weight excluding hydrogens is 425 g/mol. The van der Waals surface area contributed by atoms with Crippen LogP contribution in [0.3, 0.4) is 0 Å². The van der Waals surface area contributed by atoms with Crippen LogP contribution in [0.5, 0.6) is 5.75 Å². The number of hydrogen-bond donors (Lipinski definition) is 2. The molecule has 3 rings (SSSR count). The molecule has 168 valence electrons. The van der Waals surface area contributed by atoms with E-state index in [0.717, 1.165) is 29.3 Å². The summed E-state index contributed by atoms with van der Waals surface area (Å²) in [4.78, 5) is 24.7. The molecule has 0 fully saturated rings. The minimum absolute atomic E-state index is 0.0188. The molecule has 1 heterocycles. The van der Waals surface area contributed by atoms with Gasteiger partial charge in [0, 0.05) is 17.4 Å². The van der Waals surface area contributed by atoms with Gasteiger partial charge in [0.15, 0.2) is 5.75 Å². The normalized spacial score (nSPS) is 11.3. The van der Waals surface area contributed by atoms with Crippen LogP contribution >= 0.6 is 0 Å². The molecule has 0 saturated heterocycles. The van der Waals surface area contributed by atoms with E-state index in [4.69, 9.17) is 4.74 Å². The van der Waals surface area contributed by atoms with E-state index in [-0.39, 0.29) is 30.3 Å². The average molecular weight is 446 g/mol. The summed E-state index contributed by atoms with van der Waals surface area (Å²) in [6.45, 7) is 1.23. The molecule has 0 atom stereocenters. The Hall–Kier alpha value is -3.59. The van der Waals surface area contributed by atoms with Gasteiger partial charge in [-0.2, -0.15) is 13.2 Å². The zero-order valence-electron chi connectivity index (χ0n) is 17.1. The first-order valence-corrected chi connectivity index (χ1v) is 9.65. The number of nitrogens with one attached hydrogen (secondary N) is 1. The molecule has 2 aromatic carbocycles. The number of benzene rings is 2. The van der Waals surface area contributed by atoms with Crippen LogP contribution in [0.4, 0.5) is 18.9 Å². The van der Waals surface area contributed by atoms with Crippen LogP contribution in [-0.2, 0) is 30.7 Å². The molecule has 3 aromatic rings. The van der Waals surface area contributed by atoms with E-state index < -0.39 is 29.7 Å². The predicted octanol–water partition coefficient (Wildman–Crippen LogP) is 3.89. The topological polar surface area (TPSA) is 80.6 Å². The molecule has 0 unspecified atom stereocenters. The number of carbonyl (C=O) groups is 1. The van der Waals surface area contributed by atoms with Crippen molar-refractivity contribution >= 4 is 11.6 Å². The van der Waals surface area contributed by atoms with Gasteiger partial charge in [-0.05, 0) is 30.7 Å². The zero-order chi connectivity index (χ0) is 23.3. The summed E-state index contributed by atoms with van der Waals surface area (Å²) in [5.41, 5.74) is 0.714.